The summed E-state index contributed by atoms with van der Waals surface area (Å²) in [7, 11) is 0. The van der Waals surface area contributed by atoms with E-state index in [1.54, 1.807) is 43.3 Å². The SMILES string of the molecule is CC1(c2ccc3c(c2)OCCO3)NC(=O)N(Cc2coc(-c3cccc(Cl)c3)n2)C1=O. The molecule has 3 heterocycles. The summed E-state index contributed by atoms with van der Waals surface area (Å²) in [5, 5.41) is 3.34. The van der Waals surface area contributed by atoms with Crippen LogP contribution in [-0.4, -0.2) is 35.0 Å². The van der Waals surface area contributed by atoms with Crippen molar-refractivity contribution in [3.05, 3.63) is 65.0 Å². The molecular weight excluding hydrogens is 422 g/mol. The number of benzene rings is 2. The number of aromatic nitrogens is 1. The summed E-state index contributed by atoms with van der Waals surface area (Å²) in [4.78, 5) is 31.4. The maximum absolute atomic E-state index is 13.2. The van der Waals surface area contributed by atoms with E-state index in [0.29, 0.717) is 52.4 Å². The Hall–Kier alpha value is -3.52. The Kier molecular flexibility index (Phi) is 4.59. The van der Waals surface area contributed by atoms with Crippen LogP contribution in [0.4, 0.5) is 4.79 Å². The number of amides is 3. The average Bonchev–Trinajstić information content (AvgIpc) is 3.33. The molecule has 158 valence electrons. The van der Waals surface area contributed by atoms with Gasteiger partial charge in [-0.15, -0.1) is 0 Å². The van der Waals surface area contributed by atoms with Crippen molar-refractivity contribution in [1.29, 1.82) is 0 Å². The highest BCUT2D eigenvalue weighted by atomic mass is 35.5. The molecular formula is C22H18ClN3O5. The van der Waals surface area contributed by atoms with E-state index < -0.39 is 11.6 Å². The first-order valence-electron chi connectivity index (χ1n) is 9.68. The Morgan fingerprint density at radius 1 is 1.13 bits per heavy atom. The second-order valence-corrected chi connectivity index (χ2v) is 7.90. The van der Waals surface area contributed by atoms with E-state index in [0.717, 1.165) is 4.90 Å². The maximum atomic E-state index is 13.2. The van der Waals surface area contributed by atoms with Gasteiger partial charge in [0.1, 0.15) is 25.0 Å². The number of ether oxygens (including phenoxy) is 2. The van der Waals surface area contributed by atoms with Gasteiger partial charge in [0, 0.05) is 10.6 Å². The van der Waals surface area contributed by atoms with Gasteiger partial charge in [-0.3, -0.25) is 9.69 Å². The fourth-order valence-corrected chi connectivity index (χ4v) is 3.88. The van der Waals surface area contributed by atoms with Crippen molar-refractivity contribution in [3.63, 3.8) is 0 Å². The molecule has 0 aliphatic carbocycles. The van der Waals surface area contributed by atoms with Crippen molar-refractivity contribution < 1.29 is 23.5 Å². The summed E-state index contributed by atoms with van der Waals surface area (Å²) >= 11 is 6.02. The van der Waals surface area contributed by atoms with Crippen LogP contribution in [-0.2, 0) is 16.9 Å². The van der Waals surface area contributed by atoms with Crippen LogP contribution in [0.25, 0.3) is 11.5 Å². The van der Waals surface area contributed by atoms with Crippen molar-refractivity contribution in [1.82, 2.24) is 15.2 Å². The normalized spacial score (nSPS) is 20.1. The number of fused-ring (bicyclic) bond motifs is 1. The van der Waals surface area contributed by atoms with Crippen LogP contribution in [0.3, 0.4) is 0 Å². The van der Waals surface area contributed by atoms with Crippen molar-refractivity contribution >= 4 is 23.5 Å². The molecule has 1 unspecified atom stereocenters. The van der Waals surface area contributed by atoms with Crippen LogP contribution in [0.15, 0.2) is 53.1 Å². The lowest BCUT2D eigenvalue weighted by molar-refractivity contribution is -0.131. The number of nitrogens with zero attached hydrogens (tertiary/aromatic N) is 2. The molecule has 0 spiro atoms. The third-order valence-corrected chi connectivity index (χ3v) is 5.57. The van der Waals surface area contributed by atoms with Crippen LogP contribution in [0, 0.1) is 0 Å². The molecule has 1 N–H and O–H groups in total. The molecule has 9 heteroatoms. The van der Waals surface area contributed by atoms with Crippen LogP contribution in [0.2, 0.25) is 5.02 Å². The summed E-state index contributed by atoms with van der Waals surface area (Å²) in [6, 6.07) is 11.8. The Bertz CT molecular complexity index is 1190. The summed E-state index contributed by atoms with van der Waals surface area (Å²) in [6.45, 7) is 2.55. The third-order valence-electron chi connectivity index (χ3n) is 5.34. The molecule has 2 aromatic carbocycles. The van der Waals surface area contributed by atoms with Crippen LogP contribution in [0.5, 0.6) is 11.5 Å². The average molecular weight is 440 g/mol. The van der Waals surface area contributed by atoms with Crippen LogP contribution >= 0.6 is 11.6 Å². The first kappa shape index (κ1) is 19.4. The number of carbonyl (C=O) groups is 2. The first-order valence-corrected chi connectivity index (χ1v) is 10.1. The molecule has 0 saturated carbocycles. The molecule has 1 fully saturated rings. The summed E-state index contributed by atoms with van der Waals surface area (Å²) in [5.41, 5.74) is 0.534. The lowest BCUT2D eigenvalue weighted by Crippen LogP contribution is -2.41. The predicted molar refractivity (Wildman–Crippen MR) is 111 cm³/mol. The van der Waals surface area contributed by atoms with Gasteiger partial charge < -0.3 is 19.2 Å². The van der Waals surface area contributed by atoms with Gasteiger partial charge in [-0.25, -0.2) is 9.78 Å². The lowest BCUT2D eigenvalue weighted by atomic mass is 9.91. The molecule has 3 amide bonds. The largest absolute Gasteiger partial charge is 0.486 e. The van der Waals surface area contributed by atoms with Gasteiger partial charge in [0.05, 0.1) is 12.2 Å². The number of halogens is 1. The van der Waals surface area contributed by atoms with Gasteiger partial charge in [0.25, 0.3) is 5.91 Å². The van der Waals surface area contributed by atoms with E-state index in [1.165, 1.54) is 6.26 Å². The highest BCUT2D eigenvalue weighted by molar-refractivity contribution is 6.30. The van der Waals surface area contributed by atoms with Crippen molar-refractivity contribution in [2.75, 3.05) is 13.2 Å². The molecule has 1 saturated heterocycles. The zero-order chi connectivity index (χ0) is 21.6. The molecule has 31 heavy (non-hydrogen) atoms. The quantitative estimate of drug-likeness (QED) is 0.622. The fourth-order valence-electron chi connectivity index (χ4n) is 3.69. The Morgan fingerprint density at radius 3 is 2.74 bits per heavy atom. The highest BCUT2D eigenvalue weighted by Gasteiger charge is 2.49. The van der Waals surface area contributed by atoms with Crippen molar-refractivity contribution in [3.8, 4) is 23.0 Å². The van der Waals surface area contributed by atoms with E-state index in [-0.39, 0.29) is 12.5 Å². The number of nitrogens with one attached hydrogen (secondary N) is 1. The monoisotopic (exact) mass is 439 g/mol. The molecule has 1 atom stereocenters. The second kappa shape index (κ2) is 7.31. The standard InChI is InChI=1S/C22H18ClN3O5/c1-22(14-5-6-17-18(10-14)30-8-7-29-17)20(27)26(21(28)25-22)11-16-12-31-19(24-16)13-3-2-4-15(23)9-13/h2-6,9-10,12H,7-8,11H2,1H3,(H,25,28). The number of hydrogen-bond acceptors (Lipinski definition) is 6. The van der Waals surface area contributed by atoms with E-state index in [9.17, 15) is 9.59 Å². The van der Waals surface area contributed by atoms with Gasteiger partial charge >= 0.3 is 6.03 Å². The maximum Gasteiger partial charge on any atom is 0.325 e. The number of carbonyl (C=O) groups excluding carboxylic acids is 2. The summed E-state index contributed by atoms with van der Waals surface area (Å²) in [5.74, 6) is 1.14. The smallest absolute Gasteiger partial charge is 0.325 e. The first-order chi connectivity index (χ1) is 14.9. The zero-order valence-electron chi connectivity index (χ0n) is 16.6. The molecule has 2 aliphatic heterocycles. The molecule has 8 nitrogen and oxygen atoms in total. The Balaban J connectivity index is 1.38. The van der Waals surface area contributed by atoms with Gasteiger partial charge in [-0.05, 0) is 42.8 Å². The minimum Gasteiger partial charge on any atom is -0.486 e. The minimum absolute atomic E-state index is 0.0190. The van der Waals surface area contributed by atoms with Gasteiger partial charge in [-0.1, -0.05) is 23.7 Å². The summed E-state index contributed by atoms with van der Waals surface area (Å²) < 4.78 is 16.7. The van der Waals surface area contributed by atoms with Gasteiger partial charge in [0.2, 0.25) is 5.89 Å². The van der Waals surface area contributed by atoms with Crippen LogP contribution in [0.1, 0.15) is 18.2 Å². The predicted octanol–water partition coefficient (Wildman–Crippen LogP) is 3.73. The van der Waals surface area contributed by atoms with E-state index in [1.807, 2.05) is 6.07 Å². The molecule has 0 bridgehead atoms. The second-order valence-electron chi connectivity index (χ2n) is 7.46. The lowest BCUT2D eigenvalue weighted by Gasteiger charge is -2.25. The number of oxazole rings is 1. The summed E-state index contributed by atoms with van der Waals surface area (Å²) in [6.07, 6.45) is 1.43. The number of urea groups is 1. The number of hydrogen-bond donors (Lipinski definition) is 1. The van der Waals surface area contributed by atoms with Gasteiger partial charge in [0.15, 0.2) is 11.5 Å². The fraction of sp³-hybridized carbons (Fsp3) is 0.227. The zero-order valence-corrected chi connectivity index (χ0v) is 17.3. The number of imide groups is 1. The molecule has 2 aliphatic rings. The van der Waals surface area contributed by atoms with Crippen LogP contribution < -0.4 is 14.8 Å². The topological polar surface area (TPSA) is 93.9 Å². The minimum atomic E-state index is -1.23. The van der Waals surface area contributed by atoms with E-state index in [2.05, 4.69) is 10.3 Å². The van der Waals surface area contributed by atoms with E-state index in [4.69, 9.17) is 25.5 Å². The Labute approximate surface area is 182 Å². The van der Waals surface area contributed by atoms with Crippen molar-refractivity contribution in [2.24, 2.45) is 0 Å². The molecule has 3 aromatic rings. The van der Waals surface area contributed by atoms with Gasteiger partial charge in [-0.2, -0.15) is 0 Å². The highest BCUT2D eigenvalue weighted by Crippen LogP contribution is 2.37. The molecule has 1 aromatic heterocycles. The number of rotatable bonds is 4. The molecule has 5 rings (SSSR count). The third kappa shape index (κ3) is 3.38. The van der Waals surface area contributed by atoms with E-state index >= 15 is 0 Å². The van der Waals surface area contributed by atoms with Crippen molar-refractivity contribution in [2.45, 2.75) is 19.0 Å². The Morgan fingerprint density at radius 2 is 1.94 bits per heavy atom. The molecule has 0 radical (unpaired) electrons.